The Hall–Kier alpha value is -2.19. The van der Waals surface area contributed by atoms with E-state index in [0.29, 0.717) is 6.04 Å². The quantitative estimate of drug-likeness (QED) is 0.770. The third kappa shape index (κ3) is 2.86. The summed E-state index contributed by atoms with van der Waals surface area (Å²) in [5.41, 5.74) is 3.56. The van der Waals surface area contributed by atoms with Gasteiger partial charge >= 0.3 is 0 Å². The molecule has 0 spiro atoms. The maximum atomic E-state index is 4.71. The van der Waals surface area contributed by atoms with E-state index in [0.717, 1.165) is 17.8 Å². The first-order valence-corrected chi connectivity index (χ1v) is 7.06. The Bertz CT molecular complexity index is 692. The highest BCUT2D eigenvalue weighted by Gasteiger charge is 2.08. The van der Waals surface area contributed by atoms with Crippen LogP contribution in [0.2, 0.25) is 0 Å². The molecule has 0 radical (unpaired) electrons. The predicted molar refractivity (Wildman–Crippen MR) is 82.2 cm³/mol. The zero-order chi connectivity index (χ0) is 13.8. The molecule has 2 aromatic carbocycles. The zero-order valence-corrected chi connectivity index (χ0v) is 11.7. The average molecular weight is 263 g/mol. The predicted octanol–water partition coefficient (Wildman–Crippen LogP) is 3.06. The van der Waals surface area contributed by atoms with E-state index in [1.165, 1.54) is 10.9 Å². The highest BCUT2D eigenvalue weighted by atomic mass is 14.9. The van der Waals surface area contributed by atoms with Crippen molar-refractivity contribution in [2.45, 2.75) is 19.5 Å². The van der Waals surface area contributed by atoms with Gasteiger partial charge in [-0.25, -0.2) is 4.98 Å². The molecule has 0 aliphatic heterocycles. The number of hydrogen-bond donors (Lipinski definition) is 1. The summed E-state index contributed by atoms with van der Waals surface area (Å²) < 4.78 is 0. The Morgan fingerprint density at radius 1 is 0.900 bits per heavy atom. The van der Waals surface area contributed by atoms with Crippen LogP contribution in [-0.4, -0.2) is 4.98 Å². The number of para-hydroxylation sites is 1. The van der Waals surface area contributed by atoms with E-state index in [9.17, 15) is 0 Å². The molecular formula is C18H19N2+. The van der Waals surface area contributed by atoms with E-state index in [-0.39, 0.29) is 0 Å². The van der Waals surface area contributed by atoms with Gasteiger partial charge in [0.25, 0.3) is 0 Å². The van der Waals surface area contributed by atoms with Gasteiger partial charge in [0.2, 0.25) is 0 Å². The molecule has 0 unspecified atom stereocenters. The van der Waals surface area contributed by atoms with Gasteiger partial charge in [-0.15, -0.1) is 0 Å². The molecule has 0 fully saturated rings. The first kappa shape index (κ1) is 12.8. The smallest absolute Gasteiger partial charge is 0.119 e. The Labute approximate surface area is 119 Å². The van der Waals surface area contributed by atoms with Crippen LogP contribution in [0.15, 0.2) is 66.7 Å². The monoisotopic (exact) mass is 263 g/mol. The van der Waals surface area contributed by atoms with E-state index < -0.39 is 0 Å². The molecule has 3 rings (SSSR count). The van der Waals surface area contributed by atoms with Gasteiger partial charge in [0.05, 0.1) is 11.2 Å². The Kier molecular flexibility index (Phi) is 3.75. The van der Waals surface area contributed by atoms with Crippen LogP contribution in [0.25, 0.3) is 10.9 Å². The molecule has 1 aromatic heterocycles. The summed E-state index contributed by atoms with van der Waals surface area (Å²) in [6.45, 7) is 3.14. The van der Waals surface area contributed by atoms with Crippen LogP contribution in [0, 0.1) is 0 Å². The minimum absolute atomic E-state index is 0.449. The van der Waals surface area contributed by atoms with Crippen molar-refractivity contribution in [3.05, 3.63) is 78.0 Å². The fourth-order valence-electron chi connectivity index (χ4n) is 2.41. The fourth-order valence-corrected chi connectivity index (χ4v) is 2.41. The van der Waals surface area contributed by atoms with Crippen molar-refractivity contribution >= 4 is 10.9 Å². The molecule has 2 nitrogen and oxygen atoms in total. The largest absolute Gasteiger partial charge is 0.335 e. The molecule has 2 N–H and O–H groups in total. The lowest BCUT2D eigenvalue weighted by Gasteiger charge is -2.10. The molecule has 0 aliphatic rings. The van der Waals surface area contributed by atoms with Gasteiger partial charge in [0.15, 0.2) is 0 Å². The van der Waals surface area contributed by atoms with E-state index in [2.05, 4.69) is 66.8 Å². The van der Waals surface area contributed by atoms with Crippen LogP contribution in [0.1, 0.15) is 24.2 Å². The molecule has 3 aromatic rings. The van der Waals surface area contributed by atoms with E-state index in [1.807, 2.05) is 12.1 Å². The van der Waals surface area contributed by atoms with Gasteiger partial charge in [-0.2, -0.15) is 0 Å². The van der Waals surface area contributed by atoms with Crippen LogP contribution < -0.4 is 5.32 Å². The van der Waals surface area contributed by atoms with Crippen LogP contribution >= 0.6 is 0 Å². The van der Waals surface area contributed by atoms with Crippen molar-refractivity contribution < 1.29 is 5.32 Å². The van der Waals surface area contributed by atoms with Crippen molar-refractivity contribution in [2.75, 3.05) is 0 Å². The maximum Gasteiger partial charge on any atom is 0.119 e. The first-order chi connectivity index (χ1) is 9.83. The molecule has 0 saturated heterocycles. The summed E-state index contributed by atoms with van der Waals surface area (Å²) in [5.74, 6) is 0. The third-order valence-electron chi connectivity index (χ3n) is 3.66. The second kappa shape index (κ2) is 5.85. The Balaban J connectivity index is 1.70. The number of fused-ring (bicyclic) bond motifs is 1. The van der Waals surface area contributed by atoms with E-state index >= 15 is 0 Å². The Morgan fingerprint density at radius 2 is 1.65 bits per heavy atom. The lowest BCUT2D eigenvalue weighted by molar-refractivity contribution is -0.708. The Morgan fingerprint density at radius 3 is 2.50 bits per heavy atom. The topological polar surface area (TPSA) is 29.5 Å². The van der Waals surface area contributed by atoms with Gasteiger partial charge in [0, 0.05) is 10.9 Å². The van der Waals surface area contributed by atoms with Crippen molar-refractivity contribution in [1.29, 1.82) is 0 Å². The minimum atomic E-state index is 0.449. The number of benzene rings is 2. The highest BCUT2D eigenvalue weighted by Crippen LogP contribution is 2.11. The number of quaternary nitrogens is 1. The average Bonchev–Trinajstić information content (AvgIpc) is 2.53. The van der Waals surface area contributed by atoms with Gasteiger partial charge < -0.3 is 5.32 Å². The molecular weight excluding hydrogens is 244 g/mol. The van der Waals surface area contributed by atoms with E-state index in [4.69, 9.17) is 4.98 Å². The molecule has 20 heavy (non-hydrogen) atoms. The minimum Gasteiger partial charge on any atom is -0.335 e. The molecule has 1 atom stereocenters. The number of nitrogens with zero attached hydrogens (tertiary/aromatic N) is 1. The van der Waals surface area contributed by atoms with Crippen LogP contribution in [0.3, 0.4) is 0 Å². The van der Waals surface area contributed by atoms with Gasteiger partial charge in [-0.05, 0) is 19.1 Å². The first-order valence-electron chi connectivity index (χ1n) is 7.06. The summed E-state index contributed by atoms with van der Waals surface area (Å²) >= 11 is 0. The second-order valence-electron chi connectivity index (χ2n) is 5.13. The third-order valence-corrected chi connectivity index (χ3v) is 3.66. The van der Waals surface area contributed by atoms with Gasteiger partial charge in [-0.1, -0.05) is 54.6 Å². The van der Waals surface area contributed by atoms with Crippen molar-refractivity contribution in [3.8, 4) is 0 Å². The SMILES string of the molecule is C[C@H]([NH2+]Cc1ccc2ccccc2n1)c1ccccc1. The lowest BCUT2D eigenvalue weighted by Crippen LogP contribution is -2.83. The second-order valence-corrected chi connectivity index (χ2v) is 5.13. The lowest BCUT2D eigenvalue weighted by atomic mass is 10.1. The molecule has 0 bridgehead atoms. The normalized spacial score (nSPS) is 12.4. The van der Waals surface area contributed by atoms with Crippen LogP contribution in [-0.2, 0) is 6.54 Å². The molecule has 0 amide bonds. The van der Waals surface area contributed by atoms with Gasteiger partial charge in [0.1, 0.15) is 12.6 Å². The molecule has 0 saturated carbocycles. The number of pyridine rings is 1. The maximum absolute atomic E-state index is 4.71. The van der Waals surface area contributed by atoms with E-state index in [1.54, 1.807) is 0 Å². The summed E-state index contributed by atoms with van der Waals surface area (Å²) in [5, 5.41) is 3.53. The van der Waals surface area contributed by atoms with Crippen LogP contribution in [0.5, 0.6) is 0 Å². The molecule has 100 valence electrons. The van der Waals surface area contributed by atoms with Crippen molar-refractivity contribution in [2.24, 2.45) is 0 Å². The van der Waals surface area contributed by atoms with Crippen molar-refractivity contribution in [3.63, 3.8) is 0 Å². The number of nitrogens with two attached hydrogens (primary N) is 1. The van der Waals surface area contributed by atoms with Crippen LogP contribution in [0.4, 0.5) is 0 Å². The molecule has 0 aliphatic carbocycles. The number of hydrogen-bond acceptors (Lipinski definition) is 1. The van der Waals surface area contributed by atoms with Gasteiger partial charge in [-0.3, -0.25) is 0 Å². The van der Waals surface area contributed by atoms with Crippen molar-refractivity contribution in [1.82, 2.24) is 4.98 Å². The molecule has 2 heteroatoms. The zero-order valence-electron chi connectivity index (χ0n) is 11.7. The summed E-state index contributed by atoms with van der Waals surface area (Å²) in [6.07, 6.45) is 0. The number of rotatable bonds is 4. The summed E-state index contributed by atoms with van der Waals surface area (Å²) in [7, 11) is 0. The fraction of sp³-hybridized carbons (Fsp3) is 0.167. The summed E-state index contributed by atoms with van der Waals surface area (Å²) in [6, 6.07) is 23.6. The number of aromatic nitrogens is 1. The highest BCUT2D eigenvalue weighted by molar-refractivity contribution is 5.78. The molecule has 1 heterocycles. The summed E-state index contributed by atoms with van der Waals surface area (Å²) in [4.78, 5) is 4.71. The standard InChI is InChI=1S/C18H18N2/c1-14(15-7-3-2-4-8-15)19-13-17-12-11-16-9-5-6-10-18(16)20-17/h2-12,14,19H,13H2,1H3/p+1/t14-/m0/s1.